The first kappa shape index (κ1) is 18.2. The van der Waals surface area contributed by atoms with Gasteiger partial charge in [-0.1, -0.05) is 31.4 Å². The highest BCUT2D eigenvalue weighted by molar-refractivity contribution is 6.32. The van der Waals surface area contributed by atoms with Crippen molar-refractivity contribution in [2.75, 3.05) is 7.11 Å². The molecule has 0 saturated heterocycles. The van der Waals surface area contributed by atoms with Crippen LogP contribution in [0.2, 0.25) is 5.02 Å². The second kappa shape index (κ2) is 8.07. The summed E-state index contributed by atoms with van der Waals surface area (Å²) in [6, 6.07) is 5.03. The van der Waals surface area contributed by atoms with Crippen LogP contribution in [0.1, 0.15) is 38.2 Å². The topological polar surface area (TPSA) is 82.3 Å². The molecule has 2 rings (SSSR count). The van der Waals surface area contributed by atoms with Gasteiger partial charge < -0.3 is 15.2 Å². The zero-order valence-electron chi connectivity index (χ0n) is 13.8. The number of nitrogens with zero attached hydrogens (tertiary/aromatic N) is 1. The van der Waals surface area contributed by atoms with Crippen molar-refractivity contribution in [2.24, 2.45) is 5.92 Å². The highest BCUT2D eigenvalue weighted by Crippen LogP contribution is 2.35. The van der Waals surface area contributed by atoms with Gasteiger partial charge in [0.25, 0.3) is 5.91 Å². The molecule has 24 heavy (non-hydrogen) atoms. The maximum Gasteiger partial charge on any atom is 0.262 e. The minimum atomic E-state index is -0.389. The number of aromatic hydroxyl groups is 1. The number of phenolic OH excluding ortho intramolecular Hbond substituents is 1. The highest BCUT2D eigenvalue weighted by Gasteiger charge is 2.24. The number of halogens is 1. The third-order valence-electron chi connectivity index (χ3n) is 4.37. The number of benzene rings is 1. The minimum absolute atomic E-state index is 0.00316. The van der Waals surface area contributed by atoms with E-state index < -0.39 is 0 Å². The van der Waals surface area contributed by atoms with E-state index in [1.54, 1.807) is 0 Å². The zero-order valence-corrected chi connectivity index (χ0v) is 14.6. The minimum Gasteiger partial charge on any atom is -0.503 e. The van der Waals surface area contributed by atoms with Gasteiger partial charge in [0.15, 0.2) is 11.5 Å². The number of hydrogen-bond donors (Lipinski definition) is 2. The molecule has 0 radical (unpaired) electrons. The smallest absolute Gasteiger partial charge is 0.262 e. The van der Waals surface area contributed by atoms with E-state index in [1.807, 2.05) is 6.07 Å². The van der Waals surface area contributed by atoms with E-state index in [4.69, 9.17) is 16.3 Å². The molecule has 0 aliphatic heterocycles. The van der Waals surface area contributed by atoms with Crippen LogP contribution in [-0.2, 0) is 4.79 Å². The fourth-order valence-corrected chi connectivity index (χ4v) is 3.14. The predicted octanol–water partition coefficient (Wildman–Crippen LogP) is 3.66. The van der Waals surface area contributed by atoms with Gasteiger partial charge in [-0.15, -0.1) is 0 Å². The van der Waals surface area contributed by atoms with Gasteiger partial charge in [0.05, 0.1) is 12.1 Å². The Morgan fingerprint density at radius 2 is 2.17 bits per heavy atom. The molecule has 1 fully saturated rings. The molecular formula is C18H21ClN2O3. The van der Waals surface area contributed by atoms with E-state index in [0.29, 0.717) is 11.5 Å². The number of phenols is 1. The summed E-state index contributed by atoms with van der Waals surface area (Å²) in [4.78, 5) is 12.4. The normalized spacial score (nSPS) is 21.0. The maximum atomic E-state index is 12.4. The summed E-state index contributed by atoms with van der Waals surface area (Å²) in [6.07, 6.45) is 5.73. The highest BCUT2D eigenvalue weighted by atomic mass is 35.5. The maximum absolute atomic E-state index is 12.4. The van der Waals surface area contributed by atoms with E-state index in [9.17, 15) is 15.2 Å². The molecule has 0 aromatic heterocycles. The van der Waals surface area contributed by atoms with Gasteiger partial charge in [-0.25, -0.2) is 0 Å². The number of hydrogen-bond acceptors (Lipinski definition) is 4. The molecule has 0 spiro atoms. The Bertz CT molecular complexity index is 694. The molecule has 5 nitrogen and oxygen atoms in total. The molecule has 0 unspecified atom stereocenters. The molecule has 1 aromatic carbocycles. The first-order valence-corrected chi connectivity index (χ1v) is 8.33. The van der Waals surface area contributed by atoms with Crippen molar-refractivity contribution in [1.82, 2.24) is 5.32 Å². The lowest BCUT2D eigenvalue weighted by atomic mass is 9.86. The Morgan fingerprint density at radius 1 is 1.46 bits per heavy atom. The monoisotopic (exact) mass is 348 g/mol. The number of carbonyl (C=O) groups is 1. The number of nitrogens with one attached hydrogen (secondary N) is 1. The van der Waals surface area contributed by atoms with E-state index in [2.05, 4.69) is 12.2 Å². The summed E-state index contributed by atoms with van der Waals surface area (Å²) < 4.78 is 5.03. The predicted molar refractivity (Wildman–Crippen MR) is 92.8 cm³/mol. The standard InChI is InChI=1S/C18H21ClN2O3/c1-11-5-3-4-6-15(11)21-18(23)13(10-20)7-12-8-14(19)17(22)16(9-12)24-2/h7-9,11,15,22H,3-6H2,1-2H3,(H,21,23)/b13-7+/t11-,15+/m0/s1. The Hall–Kier alpha value is -2.19. The van der Waals surface area contributed by atoms with Crippen LogP contribution in [0.5, 0.6) is 11.5 Å². The second-order valence-corrected chi connectivity index (χ2v) is 6.47. The van der Waals surface area contributed by atoms with E-state index in [0.717, 1.165) is 19.3 Å². The fraction of sp³-hybridized carbons (Fsp3) is 0.444. The van der Waals surface area contributed by atoms with E-state index >= 15 is 0 Å². The average molecular weight is 349 g/mol. The first-order chi connectivity index (χ1) is 11.5. The van der Waals surface area contributed by atoms with Crippen LogP contribution in [0.3, 0.4) is 0 Å². The van der Waals surface area contributed by atoms with Gasteiger partial charge in [-0.05, 0) is 42.5 Å². The van der Waals surface area contributed by atoms with Crippen LogP contribution in [0, 0.1) is 17.2 Å². The number of rotatable bonds is 4. The summed E-state index contributed by atoms with van der Waals surface area (Å²) in [5.74, 6) is 0.0351. The summed E-state index contributed by atoms with van der Waals surface area (Å²) >= 11 is 5.94. The number of amides is 1. The number of nitriles is 1. The Labute approximate surface area is 146 Å². The molecule has 1 aliphatic rings. The lowest BCUT2D eigenvalue weighted by molar-refractivity contribution is -0.118. The molecule has 0 bridgehead atoms. The van der Waals surface area contributed by atoms with Crippen molar-refractivity contribution >= 4 is 23.6 Å². The fourth-order valence-electron chi connectivity index (χ4n) is 2.92. The van der Waals surface area contributed by atoms with Crippen molar-refractivity contribution in [3.63, 3.8) is 0 Å². The second-order valence-electron chi connectivity index (χ2n) is 6.07. The van der Waals surface area contributed by atoms with Gasteiger partial charge in [0.2, 0.25) is 0 Å². The van der Waals surface area contributed by atoms with Crippen molar-refractivity contribution in [1.29, 1.82) is 5.26 Å². The van der Waals surface area contributed by atoms with Gasteiger partial charge in [-0.2, -0.15) is 5.26 Å². The largest absolute Gasteiger partial charge is 0.503 e. The molecular weight excluding hydrogens is 328 g/mol. The molecule has 2 atom stereocenters. The summed E-state index contributed by atoms with van der Waals surface area (Å²) in [5, 5.41) is 22.1. The number of methoxy groups -OCH3 is 1. The summed E-state index contributed by atoms with van der Waals surface area (Å²) in [5.41, 5.74) is 0.509. The van der Waals surface area contributed by atoms with Crippen molar-refractivity contribution in [3.05, 3.63) is 28.3 Å². The van der Waals surface area contributed by atoms with E-state index in [-0.39, 0.29) is 34.0 Å². The first-order valence-electron chi connectivity index (χ1n) is 7.95. The lowest BCUT2D eigenvalue weighted by Gasteiger charge is -2.29. The molecule has 128 valence electrons. The molecule has 1 saturated carbocycles. The molecule has 1 aromatic rings. The SMILES string of the molecule is COc1cc(/C=C(\C#N)C(=O)N[C@@H]2CCCC[C@@H]2C)cc(Cl)c1O. The summed E-state index contributed by atoms with van der Waals surface area (Å²) in [7, 11) is 1.40. The van der Waals surface area contributed by atoms with Crippen LogP contribution < -0.4 is 10.1 Å². The molecule has 1 aliphatic carbocycles. The molecule has 2 N–H and O–H groups in total. The van der Waals surface area contributed by atoms with Crippen LogP contribution in [0.15, 0.2) is 17.7 Å². The number of carbonyl (C=O) groups excluding carboxylic acids is 1. The van der Waals surface area contributed by atoms with E-state index in [1.165, 1.54) is 31.7 Å². The molecule has 1 amide bonds. The third-order valence-corrected chi connectivity index (χ3v) is 4.66. The van der Waals surface area contributed by atoms with Crippen LogP contribution in [0.25, 0.3) is 6.08 Å². The quantitative estimate of drug-likeness (QED) is 0.642. The van der Waals surface area contributed by atoms with Crippen LogP contribution in [-0.4, -0.2) is 24.2 Å². The van der Waals surface area contributed by atoms with Crippen LogP contribution >= 0.6 is 11.6 Å². The zero-order chi connectivity index (χ0) is 17.7. The number of ether oxygens (including phenoxy) is 1. The van der Waals surface area contributed by atoms with Crippen molar-refractivity contribution < 1.29 is 14.6 Å². The lowest BCUT2D eigenvalue weighted by Crippen LogP contribution is -2.41. The van der Waals surface area contributed by atoms with Gasteiger partial charge in [0.1, 0.15) is 11.6 Å². The van der Waals surface area contributed by atoms with Gasteiger partial charge in [-0.3, -0.25) is 4.79 Å². The Kier molecular flexibility index (Phi) is 6.10. The van der Waals surface area contributed by atoms with Crippen LogP contribution in [0.4, 0.5) is 0 Å². The van der Waals surface area contributed by atoms with Gasteiger partial charge >= 0.3 is 0 Å². The van der Waals surface area contributed by atoms with Crippen molar-refractivity contribution in [3.8, 4) is 17.6 Å². The Morgan fingerprint density at radius 3 is 2.79 bits per heavy atom. The summed E-state index contributed by atoms with van der Waals surface area (Å²) in [6.45, 7) is 2.12. The third kappa shape index (κ3) is 4.21. The molecule has 0 heterocycles. The Balaban J connectivity index is 2.21. The average Bonchev–Trinajstić information content (AvgIpc) is 2.57. The van der Waals surface area contributed by atoms with Crippen molar-refractivity contribution in [2.45, 2.75) is 38.6 Å². The molecule has 6 heteroatoms. The van der Waals surface area contributed by atoms with Gasteiger partial charge in [0, 0.05) is 6.04 Å².